The second-order valence-electron chi connectivity index (χ2n) is 4.31. The van der Waals surface area contributed by atoms with Crippen molar-refractivity contribution in [2.24, 2.45) is 5.73 Å². The van der Waals surface area contributed by atoms with Gasteiger partial charge < -0.3 is 15.4 Å². The third kappa shape index (κ3) is 5.82. The fourth-order valence-electron chi connectivity index (χ4n) is 1.83. The first-order chi connectivity index (χ1) is 8.26. The highest BCUT2D eigenvalue weighted by Crippen LogP contribution is 2.01. The lowest BCUT2D eigenvalue weighted by molar-refractivity contribution is 0.0455. The molecule has 0 bridgehead atoms. The summed E-state index contributed by atoms with van der Waals surface area (Å²) in [6.07, 6.45) is 1.22. The molecule has 1 unspecified atom stereocenters. The molecule has 3 nitrogen and oxygen atoms in total. The normalized spacial score (nSPS) is 12.9. The van der Waals surface area contributed by atoms with E-state index in [1.807, 2.05) is 13.0 Å². The van der Waals surface area contributed by atoms with Crippen LogP contribution in [0, 0.1) is 0 Å². The van der Waals surface area contributed by atoms with Crippen LogP contribution in [-0.4, -0.2) is 44.3 Å². The van der Waals surface area contributed by atoms with E-state index in [1.54, 1.807) is 0 Å². The van der Waals surface area contributed by atoms with E-state index in [-0.39, 0.29) is 6.10 Å². The van der Waals surface area contributed by atoms with Gasteiger partial charge in [-0.2, -0.15) is 0 Å². The van der Waals surface area contributed by atoms with E-state index in [4.69, 9.17) is 10.5 Å². The summed E-state index contributed by atoms with van der Waals surface area (Å²) >= 11 is 0. The molecule has 17 heavy (non-hydrogen) atoms. The van der Waals surface area contributed by atoms with Crippen LogP contribution in [0.15, 0.2) is 30.3 Å². The highest BCUT2D eigenvalue weighted by molar-refractivity contribution is 5.14. The Bertz CT molecular complexity index is 290. The van der Waals surface area contributed by atoms with E-state index < -0.39 is 0 Å². The van der Waals surface area contributed by atoms with Crippen LogP contribution in [-0.2, 0) is 11.2 Å². The Morgan fingerprint density at radius 1 is 1.29 bits per heavy atom. The third-order valence-corrected chi connectivity index (χ3v) is 2.81. The van der Waals surface area contributed by atoms with Crippen molar-refractivity contribution in [3.8, 4) is 0 Å². The Morgan fingerprint density at radius 3 is 2.59 bits per heavy atom. The number of benzene rings is 1. The van der Waals surface area contributed by atoms with E-state index >= 15 is 0 Å². The van der Waals surface area contributed by atoms with Gasteiger partial charge in [0.25, 0.3) is 0 Å². The summed E-state index contributed by atoms with van der Waals surface area (Å²) in [6.45, 7) is 5.26. The van der Waals surface area contributed by atoms with E-state index in [0.717, 1.165) is 26.1 Å². The first-order valence-corrected chi connectivity index (χ1v) is 6.30. The van der Waals surface area contributed by atoms with Gasteiger partial charge in [-0.1, -0.05) is 30.3 Å². The molecule has 3 heteroatoms. The van der Waals surface area contributed by atoms with Gasteiger partial charge in [-0.15, -0.1) is 0 Å². The van der Waals surface area contributed by atoms with Crippen molar-refractivity contribution in [1.82, 2.24) is 4.90 Å². The van der Waals surface area contributed by atoms with Crippen molar-refractivity contribution >= 4 is 0 Å². The molecule has 2 N–H and O–H groups in total. The van der Waals surface area contributed by atoms with Gasteiger partial charge in [0.1, 0.15) is 0 Å². The lowest BCUT2D eigenvalue weighted by atomic mass is 10.1. The minimum atomic E-state index is 0.153. The topological polar surface area (TPSA) is 38.5 Å². The van der Waals surface area contributed by atoms with Gasteiger partial charge in [0.2, 0.25) is 0 Å². The van der Waals surface area contributed by atoms with E-state index in [0.29, 0.717) is 6.54 Å². The largest absolute Gasteiger partial charge is 0.376 e. The van der Waals surface area contributed by atoms with Gasteiger partial charge in [-0.3, -0.25) is 0 Å². The second-order valence-corrected chi connectivity index (χ2v) is 4.31. The maximum Gasteiger partial charge on any atom is 0.0823 e. The Balaban J connectivity index is 2.27. The molecular formula is C14H24N2O. The van der Waals surface area contributed by atoms with Crippen LogP contribution in [0.25, 0.3) is 0 Å². The Hall–Kier alpha value is -0.900. The van der Waals surface area contributed by atoms with Gasteiger partial charge in [0.05, 0.1) is 6.10 Å². The number of nitrogens with two attached hydrogens (primary N) is 1. The number of rotatable bonds is 8. The van der Waals surface area contributed by atoms with Crippen molar-refractivity contribution in [2.75, 3.05) is 33.3 Å². The molecular weight excluding hydrogens is 212 g/mol. The van der Waals surface area contributed by atoms with Crippen molar-refractivity contribution in [3.05, 3.63) is 35.9 Å². The number of nitrogens with zero attached hydrogens (tertiary/aromatic N) is 1. The monoisotopic (exact) mass is 236 g/mol. The Kier molecular flexibility index (Phi) is 6.86. The molecule has 1 aromatic carbocycles. The number of ether oxygens (including phenoxy) is 1. The van der Waals surface area contributed by atoms with Crippen LogP contribution in [0.5, 0.6) is 0 Å². The number of hydrogen-bond acceptors (Lipinski definition) is 3. The van der Waals surface area contributed by atoms with Gasteiger partial charge in [0, 0.05) is 26.2 Å². The Morgan fingerprint density at radius 2 is 2.00 bits per heavy atom. The lowest BCUT2D eigenvalue weighted by Gasteiger charge is -2.22. The van der Waals surface area contributed by atoms with E-state index in [2.05, 4.69) is 36.2 Å². The van der Waals surface area contributed by atoms with Crippen molar-refractivity contribution in [3.63, 3.8) is 0 Å². The second kappa shape index (κ2) is 8.23. The summed E-state index contributed by atoms with van der Waals surface area (Å²) in [7, 11) is 2.12. The quantitative estimate of drug-likeness (QED) is 0.744. The highest BCUT2D eigenvalue weighted by Gasteiger charge is 2.09. The zero-order valence-electron chi connectivity index (χ0n) is 10.9. The number of hydrogen-bond donors (Lipinski definition) is 1. The molecule has 0 aliphatic rings. The van der Waals surface area contributed by atoms with Crippen LogP contribution < -0.4 is 5.73 Å². The standard InChI is InChI=1S/C14H24N2O/c1-3-17-14(11-15)12-16(2)10-9-13-7-5-4-6-8-13/h4-8,14H,3,9-12,15H2,1-2H3. The van der Waals surface area contributed by atoms with E-state index in [1.165, 1.54) is 5.56 Å². The van der Waals surface area contributed by atoms with Crippen LogP contribution in [0.2, 0.25) is 0 Å². The molecule has 1 atom stereocenters. The fraction of sp³-hybridized carbons (Fsp3) is 0.571. The summed E-state index contributed by atoms with van der Waals surface area (Å²) in [5.41, 5.74) is 7.04. The SMILES string of the molecule is CCOC(CN)CN(C)CCc1ccccc1. The lowest BCUT2D eigenvalue weighted by Crippen LogP contribution is -2.37. The van der Waals surface area contributed by atoms with Gasteiger partial charge in [-0.05, 0) is 26.0 Å². The molecule has 0 fully saturated rings. The molecule has 0 amide bonds. The van der Waals surface area contributed by atoms with Gasteiger partial charge in [-0.25, -0.2) is 0 Å². The Labute approximate surface area is 105 Å². The predicted molar refractivity (Wildman–Crippen MR) is 72.1 cm³/mol. The number of likely N-dealkylation sites (N-methyl/N-ethyl adjacent to an activating group) is 1. The molecule has 0 saturated heterocycles. The molecule has 0 aliphatic carbocycles. The molecule has 0 aliphatic heterocycles. The zero-order chi connectivity index (χ0) is 12.5. The van der Waals surface area contributed by atoms with Crippen LogP contribution in [0.3, 0.4) is 0 Å². The minimum absolute atomic E-state index is 0.153. The average molecular weight is 236 g/mol. The summed E-state index contributed by atoms with van der Waals surface area (Å²) < 4.78 is 5.55. The maximum absolute atomic E-state index is 5.66. The molecule has 1 aromatic rings. The van der Waals surface area contributed by atoms with Gasteiger partial charge in [0.15, 0.2) is 0 Å². The molecule has 0 heterocycles. The van der Waals surface area contributed by atoms with Gasteiger partial charge >= 0.3 is 0 Å². The minimum Gasteiger partial charge on any atom is -0.376 e. The van der Waals surface area contributed by atoms with Crippen molar-refractivity contribution in [2.45, 2.75) is 19.4 Å². The molecule has 0 aromatic heterocycles. The summed E-state index contributed by atoms with van der Waals surface area (Å²) in [5, 5.41) is 0. The summed E-state index contributed by atoms with van der Waals surface area (Å²) in [5.74, 6) is 0. The highest BCUT2D eigenvalue weighted by atomic mass is 16.5. The summed E-state index contributed by atoms with van der Waals surface area (Å²) in [6, 6.07) is 10.5. The van der Waals surface area contributed by atoms with Crippen LogP contribution in [0.4, 0.5) is 0 Å². The van der Waals surface area contributed by atoms with Crippen molar-refractivity contribution in [1.29, 1.82) is 0 Å². The maximum atomic E-state index is 5.66. The molecule has 0 saturated carbocycles. The molecule has 0 radical (unpaired) electrons. The predicted octanol–water partition coefficient (Wildman–Crippen LogP) is 1.52. The third-order valence-electron chi connectivity index (χ3n) is 2.81. The summed E-state index contributed by atoms with van der Waals surface area (Å²) in [4.78, 5) is 2.28. The molecule has 96 valence electrons. The first-order valence-electron chi connectivity index (χ1n) is 6.30. The first kappa shape index (κ1) is 14.2. The van der Waals surface area contributed by atoms with Crippen LogP contribution >= 0.6 is 0 Å². The molecule has 1 rings (SSSR count). The van der Waals surface area contributed by atoms with Crippen molar-refractivity contribution < 1.29 is 4.74 Å². The van der Waals surface area contributed by atoms with E-state index in [9.17, 15) is 0 Å². The fourth-order valence-corrected chi connectivity index (χ4v) is 1.83. The smallest absolute Gasteiger partial charge is 0.0823 e. The average Bonchev–Trinajstić information content (AvgIpc) is 2.37. The molecule has 0 spiro atoms. The zero-order valence-corrected chi connectivity index (χ0v) is 10.9. The van der Waals surface area contributed by atoms with Crippen LogP contribution in [0.1, 0.15) is 12.5 Å².